The number of hydrogen-bond acceptors (Lipinski definition) is 2. The van der Waals surface area contributed by atoms with E-state index < -0.39 is 18.1 Å². The molecule has 0 aliphatic carbocycles. The Hall–Kier alpha value is -1.27. The lowest BCUT2D eigenvalue weighted by Crippen LogP contribution is -2.46. The molecule has 2 amide bonds. The molecule has 0 aromatic carbocycles. The Morgan fingerprint density at radius 3 is 2.50 bits per heavy atom. The van der Waals surface area contributed by atoms with Crippen molar-refractivity contribution < 1.29 is 22.8 Å². The minimum absolute atomic E-state index is 0.163. The number of alkyl halides is 3. The van der Waals surface area contributed by atoms with Crippen LogP contribution in [0.15, 0.2) is 0 Å². The molecule has 0 aromatic heterocycles. The number of amides is 2. The molecule has 16 heavy (non-hydrogen) atoms. The SMILES string of the molecule is CC(C1CNC(=O)C1)N(C)C(=O)C(F)(F)F. The summed E-state index contributed by atoms with van der Waals surface area (Å²) in [4.78, 5) is 22.5. The zero-order valence-corrected chi connectivity index (χ0v) is 8.97. The largest absolute Gasteiger partial charge is 0.471 e. The van der Waals surface area contributed by atoms with Gasteiger partial charge in [-0.15, -0.1) is 0 Å². The van der Waals surface area contributed by atoms with Crippen LogP contribution in [0.1, 0.15) is 13.3 Å². The molecule has 0 aromatic rings. The van der Waals surface area contributed by atoms with Gasteiger partial charge < -0.3 is 10.2 Å². The predicted octanol–water partition coefficient (Wildman–Crippen LogP) is 0.532. The van der Waals surface area contributed by atoms with Crippen LogP contribution in [0.4, 0.5) is 13.2 Å². The van der Waals surface area contributed by atoms with Gasteiger partial charge in [0.2, 0.25) is 5.91 Å². The Bertz CT molecular complexity index is 304. The van der Waals surface area contributed by atoms with Gasteiger partial charge in [-0.3, -0.25) is 9.59 Å². The van der Waals surface area contributed by atoms with Crippen molar-refractivity contribution in [1.29, 1.82) is 0 Å². The van der Waals surface area contributed by atoms with E-state index in [9.17, 15) is 22.8 Å². The number of nitrogens with zero attached hydrogens (tertiary/aromatic N) is 1. The third kappa shape index (κ3) is 2.65. The molecule has 1 fully saturated rings. The highest BCUT2D eigenvalue weighted by Gasteiger charge is 2.44. The average molecular weight is 238 g/mol. The number of carbonyl (C=O) groups is 2. The van der Waals surface area contributed by atoms with Crippen LogP contribution in [0.2, 0.25) is 0 Å². The Balaban J connectivity index is 2.64. The molecule has 1 aliphatic heterocycles. The van der Waals surface area contributed by atoms with E-state index in [1.54, 1.807) is 0 Å². The fourth-order valence-corrected chi connectivity index (χ4v) is 1.67. The molecule has 2 atom stereocenters. The van der Waals surface area contributed by atoms with E-state index in [2.05, 4.69) is 5.32 Å². The summed E-state index contributed by atoms with van der Waals surface area (Å²) in [6, 6.07) is -0.618. The first kappa shape index (κ1) is 12.8. The molecule has 2 unspecified atom stereocenters. The maximum Gasteiger partial charge on any atom is 0.471 e. The summed E-state index contributed by atoms with van der Waals surface area (Å²) in [5.74, 6) is -2.33. The van der Waals surface area contributed by atoms with Crippen LogP contribution in [-0.2, 0) is 9.59 Å². The molecule has 4 nitrogen and oxygen atoms in total. The summed E-state index contributed by atoms with van der Waals surface area (Å²) in [7, 11) is 1.10. The third-order valence-corrected chi connectivity index (χ3v) is 2.86. The third-order valence-electron chi connectivity index (χ3n) is 2.86. The number of hydrogen-bond donors (Lipinski definition) is 1. The first-order valence-electron chi connectivity index (χ1n) is 4.84. The van der Waals surface area contributed by atoms with Crippen LogP contribution >= 0.6 is 0 Å². The van der Waals surface area contributed by atoms with Crippen LogP contribution < -0.4 is 5.32 Å². The van der Waals surface area contributed by atoms with Gasteiger partial charge in [0, 0.05) is 32.0 Å². The lowest BCUT2D eigenvalue weighted by atomic mass is 9.99. The van der Waals surface area contributed by atoms with Gasteiger partial charge in [0.25, 0.3) is 0 Å². The van der Waals surface area contributed by atoms with Gasteiger partial charge in [0.05, 0.1) is 0 Å². The molecular formula is C9H13F3N2O2. The van der Waals surface area contributed by atoms with Gasteiger partial charge in [-0.1, -0.05) is 0 Å². The molecule has 0 spiro atoms. The van der Waals surface area contributed by atoms with E-state index >= 15 is 0 Å². The van der Waals surface area contributed by atoms with Gasteiger partial charge in [0.1, 0.15) is 0 Å². The number of halogens is 3. The summed E-state index contributed by atoms with van der Waals surface area (Å²) in [6.07, 6.45) is -4.70. The molecule has 0 saturated carbocycles. The van der Waals surface area contributed by atoms with Gasteiger partial charge in [-0.05, 0) is 6.92 Å². The summed E-state index contributed by atoms with van der Waals surface area (Å²) in [5, 5.41) is 2.52. The van der Waals surface area contributed by atoms with Crippen molar-refractivity contribution in [3.8, 4) is 0 Å². The minimum atomic E-state index is -4.86. The molecule has 1 heterocycles. The standard InChI is InChI=1S/C9H13F3N2O2/c1-5(6-3-7(15)13-4-6)14(2)8(16)9(10,11)12/h5-6H,3-4H2,1-2H3,(H,13,15). The lowest BCUT2D eigenvalue weighted by Gasteiger charge is -2.29. The molecule has 0 bridgehead atoms. The first-order chi connectivity index (χ1) is 7.23. The minimum Gasteiger partial charge on any atom is -0.356 e. The highest BCUT2D eigenvalue weighted by atomic mass is 19.4. The molecule has 1 saturated heterocycles. The van der Waals surface area contributed by atoms with Crippen molar-refractivity contribution in [2.24, 2.45) is 5.92 Å². The van der Waals surface area contributed by atoms with E-state index in [0.29, 0.717) is 11.4 Å². The smallest absolute Gasteiger partial charge is 0.356 e. The maximum absolute atomic E-state index is 12.1. The van der Waals surface area contributed by atoms with Crippen LogP contribution in [0.25, 0.3) is 0 Å². The van der Waals surface area contributed by atoms with Crippen molar-refractivity contribution in [3.63, 3.8) is 0 Å². The van der Waals surface area contributed by atoms with Gasteiger partial charge in [0.15, 0.2) is 0 Å². The fraction of sp³-hybridized carbons (Fsp3) is 0.778. The van der Waals surface area contributed by atoms with Crippen LogP contribution in [0.3, 0.4) is 0 Å². The zero-order chi connectivity index (χ0) is 12.5. The topological polar surface area (TPSA) is 49.4 Å². The Labute approximate surface area is 90.8 Å². The summed E-state index contributed by atoms with van der Waals surface area (Å²) in [6.45, 7) is 1.82. The second-order valence-electron chi connectivity index (χ2n) is 3.92. The van der Waals surface area contributed by atoms with Gasteiger partial charge >= 0.3 is 12.1 Å². The van der Waals surface area contributed by atoms with E-state index in [0.717, 1.165) is 7.05 Å². The molecule has 7 heteroatoms. The predicted molar refractivity (Wildman–Crippen MR) is 49.4 cm³/mol. The van der Waals surface area contributed by atoms with Gasteiger partial charge in [-0.2, -0.15) is 13.2 Å². The second kappa shape index (κ2) is 4.31. The monoisotopic (exact) mass is 238 g/mol. The lowest BCUT2D eigenvalue weighted by molar-refractivity contribution is -0.186. The van der Waals surface area contributed by atoms with Gasteiger partial charge in [-0.25, -0.2) is 0 Å². The zero-order valence-electron chi connectivity index (χ0n) is 8.97. The maximum atomic E-state index is 12.1. The Morgan fingerprint density at radius 2 is 2.12 bits per heavy atom. The van der Waals surface area contributed by atoms with E-state index in [1.807, 2.05) is 0 Å². The van der Waals surface area contributed by atoms with E-state index in [1.165, 1.54) is 6.92 Å². The van der Waals surface area contributed by atoms with Crippen molar-refractivity contribution in [1.82, 2.24) is 10.2 Å². The highest BCUT2D eigenvalue weighted by molar-refractivity contribution is 5.82. The van der Waals surface area contributed by atoms with E-state index in [4.69, 9.17) is 0 Å². The summed E-state index contributed by atoms with van der Waals surface area (Å²) < 4.78 is 36.4. The average Bonchev–Trinajstić information content (AvgIpc) is 2.60. The molecule has 1 N–H and O–H groups in total. The Morgan fingerprint density at radius 1 is 1.56 bits per heavy atom. The van der Waals surface area contributed by atoms with E-state index in [-0.39, 0.29) is 18.2 Å². The van der Waals surface area contributed by atoms with Crippen molar-refractivity contribution in [3.05, 3.63) is 0 Å². The second-order valence-corrected chi connectivity index (χ2v) is 3.92. The molecule has 92 valence electrons. The molecule has 0 radical (unpaired) electrons. The van der Waals surface area contributed by atoms with Crippen LogP contribution in [-0.4, -0.2) is 42.5 Å². The number of carbonyl (C=O) groups excluding carboxylic acids is 2. The fourth-order valence-electron chi connectivity index (χ4n) is 1.67. The van der Waals surface area contributed by atoms with Crippen LogP contribution in [0.5, 0.6) is 0 Å². The van der Waals surface area contributed by atoms with Crippen molar-refractivity contribution in [2.45, 2.75) is 25.6 Å². The quantitative estimate of drug-likeness (QED) is 0.763. The van der Waals surface area contributed by atoms with Crippen LogP contribution in [0, 0.1) is 5.92 Å². The first-order valence-corrected chi connectivity index (χ1v) is 4.84. The van der Waals surface area contributed by atoms with Crippen molar-refractivity contribution in [2.75, 3.05) is 13.6 Å². The number of nitrogens with one attached hydrogen (secondary N) is 1. The normalized spacial score (nSPS) is 22.8. The van der Waals surface area contributed by atoms with Crippen molar-refractivity contribution >= 4 is 11.8 Å². The number of rotatable bonds is 2. The molecule has 1 aliphatic rings. The highest BCUT2D eigenvalue weighted by Crippen LogP contribution is 2.23. The molecular weight excluding hydrogens is 225 g/mol. The Kier molecular flexibility index (Phi) is 3.44. The summed E-state index contributed by atoms with van der Waals surface area (Å²) >= 11 is 0. The molecule has 1 rings (SSSR count). The summed E-state index contributed by atoms with van der Waals surface area (Å²) in [5.41, 5.74) is 0.